The molecule has 0 spiro atoms. The number of aliphatic hydroxyl groups is 1. The zero-order chi connectivity index (χ0) is 22.8. The molecule has 1 aliphatic heterocycles. The number of nitrogens with one attached hydrogen (secondary N) is 2. The lowest BCUT2D eigenvalue weighted by Crippen LogP contribution is -2.31. The van der Waals surface area contributed by atoms with Crippen LogP contribution in [0.4, 0.5) is 20.4 Å². The number of aliphatic hydroxyl groups excluding tert-OH is 1. The molecule has 1 aromatic carbocycles. The van der Waals surface area contributed by atoms with Crippen molar-refractivity contribution >= 4 is 34.6 Å². The zero-order valence-electron chi connectivity index (χ0n) is 17.3. The monoisotopic (exact) mass is 463 g/mol. The Kier molecular flexibility index (Phi) is 6.53. The molecule has 0 aliphatic carbocycles. The van der Waals surface area contributed by atoms with Crippen LogP contribution in [0.5, 0.6) is 0 Å². The van der Waals surface area contributed by atoms with Crippen LogP contribution in [-0.2, 0) is 5.75 Å². The van der Waals surface area contributed by atoms with E-state index < -0.39 is 17.2 Å². The first-order valence-electron chi connectivity index (χ1n) is 10.1. The Hall–Kier alpha value is -2.83. The van der Waals surface area contributed by atoms with Gasteiger partial charge in [-0.2, -0.15) is 0 Å². The number of nitrogens with zero attached hydrogens (tertiary/aromatic N) is 4. The van der Waals surface area contributed by atoms with Crippen molar-refractivity contribution in [3.63, 3.8) is 0 Å². The van der Waals surface area contributed by atoms with Gasteiger partial charge in [0.2, 0.25) is 0 Å². The van der Waals surface area contributed by atoms with E-state index >= 15 is 0 Å². The van der Waals surface area contributed by atoms with Gasteiger partial charge in [-0.05, 0) is 19.4 Å². The predicted molar refractivity (Wildman–Crippen MR) is 119 cm³/mol. The van der Waals surface area contributed by atoms with Gasteiger partial charge in [-0.3, -0.25) is 4.79 Å². The number of hydrogen-bond donors (Lipinski definition) is 4. The van der Waals surface area contributed by atoms with Crippen molar-refractivity contribution in [2.45, 2.75) is 36.3 Å². The van der Waals surface area contributed by atoms with E-state index in [-0.39, 0.29) is 46.6 Å². The molecular weight excluding hydrogens is 440 g/mol. The minimum atomic E-state index is -0.927. The molecule has 5 N–H and O–H groups in total. The van der Waals surface area contributed by atoms with Crippen LogP contribution in [0.1, 0.15) is 18.9 Å². The number of benzene rings is 1. The number of nitrogens with two attached hydrogens (primary N) is 1. The molecule has 2 aromatic heterocycles. The van der Waals surface area contributed by atoms with Gasteiger partial charge in [0.15, 0.2) is 39.6 Å². The van der Waals surface area contributed by atoms with E-state index in [2.05, 4.69) is 25.3 Å². The average Bonchev–Trinajstić information content (AvgIpc) is 3.20. The minimum Gasteiger partial charge on any atom is -0.394 e. The molecule has 1 fully saturated rings. The summed E-state index contributed by atoms with van der Waals surface area (Å²) in [5.74, 6) is -1.21. The highest BCUT2D eigenvalue weighted by atomic mass is 32.2. The number of fused-ring (bicyclic) bond motifs is 1. The second kappa shape index (κ2) is 9.35. The lowest BCUT2D eigenvalue weighted by atomic mass is 10.2. The minimum absolute atomic E-state index is 0.0304. The van der Waals surface area contributed by atoms with Crippen LogP contribution in [0.3, 0.4) is 0 Å². The third kappa shape index (κ3) is 4.66. The van der Waals surface area contributed by atoms with Crippen molar-refractivity contribution in [2.75, 3.05) is 29.9 Å². The molecule has 0 saturated carbocycles. The summed E-state index contributed by atoms with van der Waals surface area (Å²) >= 11 is 1.09. The van der Waals surface area contributed by atoms with Crippen LogP contribution in [0.25, 0.3) is 11.2 Å². The molecular formula is C20H23F2N7O2S. The second-order valence-corrected chi connectivity index (χ2v) is 8.61. The fraction of sp³-hybridized carbons (Fsp3) is 0.400. The summed E-state index contributed by atoms with van der Waals surface area (Å²) < 4.78 is 27.5. The SMILES string of the molecule is C[C@H](CO)Nc1nc(SCc2cccc(F)c2F)nc2[nH]c(=O)c(N3CC[C@H](N)C3)nc12. The summed E-state index contributed by atoms with van der Waals surface area (Å²) in [7, 11) is 0. The number of aromatic nitrogens is 4. The lowest BCUT2D eigenvalue weighted by Gasteiger charge is -2.18. The van der Waals surface area contributed by atoms with E-state index in [1.807, 2.05) is 4.90 Å². The topological polar surface area (TPSA) is 133 Å². The smallest absolute Gasteiger partial charge is 0.292 e. The fourth-order valence-electron chi connectivity index (χ4n) is 3.39. The van der Waals surface area contributed by atoms with E-state index in [4.69, 9.17) is 5.73 Å². The fourth-order valence-corrected chi connectivity index (χ4v) is 4.21. The van der Waals surface area contributed by atoms with Crippen LogP contribution in [0.15, 0.2) is 28.2 Å². The van der Waals surface area contributed by atoms with Crippen molar-refractivity contribution < 1.29 is 13.9 Å². The second-order valence-electron chi connectivity index (χ2n) is 7.67. The number of thioether (sulfide) groups is 1. The zero-order valence-corrected chi connectivity index (χ0v) is 18.1. The van der Waals surface area contributed by atoms with Gasteiger partial charge < -0.3 is 26.0 Å². The first-order chi connectivity index (χ1) is 15.4. The van der Waals surface area contributed by atoms with Crippen LogP contribution in [0, 0.1) is 11.6 Å². The standard InChI is InChI=1S/C20H23F2N7O2S/c1-10(8-30)24-16-15-17(26-19(31)18(25-15)29-6-5-12(23)7-29)28-20(27-16)32-9-11-3-2-4-13(21)14(11)22/h2-4,10,12,30H,5-9,23H2,1H3,(H2,24,26,27,28,31)/t10-,12+/m1/s1. The Morgan fingerprint density at radius 1 is 1.38 bits per heavy atom. The number of hydrogen-bond acceptors (Lipinski definition) is 9. The molecule has 1 saturated heterocycles. The molecule has 0 amide bonds. The summed E-state index contributed by atoms with van der Waals surface area (Å²) in [5, 5.41) is 12.8. The molecule has 4 rings (SSSR count). The maximum atomic E-state index is 14.0. The van der Waals surface area contributed by atoms with E-state index in [0.717, 1.165) is 24.2 Å². The number of rotatable bonds is 7. The van der Waals surface area contributed by atoms with Gasteiger partial charge in [0, 0.05) is 36.5 Å². The van der Waals surface area contributed by atoms with Crippen LogP contribution in [-0.4, -0.2) is 56.8 Å². The van der Waals surface area contributed by atoms with E-state index in [9.17, 15) is 18.7 Å². The third-order valence-corrected chi connectivity index (χ3v) is 5.98. The normalized spacial score (nSPS) is 17.2. The molecule has 0 radical (unpaired) electrons. The largest absolute Gasteiger partial charge is 0.394 e. The maximum absolute atomic E-state index is 14.0. The van der Waals surface area contributed by atoms with Crippen molar-refractivity contribution in [1.29, 1.82) is 0 Å². The summed E-state index contributed by atoms with van der Waals surface area (Å²) in [6.45, 7) is 2.74. The summed E-state index contributed by atoms with van der Waals surface area (Å²) in [6.07, 6.45) is 0.758. The highest BCUT2D eigenvalue weighted by Gasteiger charge is 2.24. The Balaban J connectivity index is 1.71. The van der Waals surface area contributed by atoms with Crippen molar-refractivity contribution in [1.82, 2.24) is 19.9 Å². The molecule has 12 heteroatoms. The van der Waals surface area contributed by atoms with Gasteiger partial charge in [-0.25, -0.2) is 23.7 Å². The van der Waals surface area contributed by atoms with Gasteiger partial charge >= 0.3 is 0 Å². The van der Waals surface area contributed by atoms with Crippen LogP contribution < -0.4 is 21.5 Å². The molecule has 3 aromatic rings. The Bertz CT molecular complexity index is 1190. The third-order valence-electron chi connectivity index (χ3n) is 5.09. The number of halogens is 2. The molecule has 0 bridgehead atoms. The molecule has 9 nitrogen and oxygen atoms in total. The molecule has 32 heavy (non-hydrogen) atoms. The molecule has 3 heterocycles. The van der Waals surface area contributed by atoms with Crippen molar-refractivity contribution in [2.24, 2.45) is 5.73 Å². The first-order valence-corrected chi connectivity index (χ1v) is 11.1. The van der Waals surface area contributed by atoms with E-state index in [0.29, 0.717) is 24.4 Å². The van der Waals surface area contributed by atoms with E-state index in [1.165, 1.54) is 12.1 Å². The van der Waals surface area contributed by atoms with Gasteiger partial charge in [0.1, 0.15) is 0 Å². The van der Waals surface area contributed by atoms with Crippen molar-refractivity contribution in [3.05, 3.63) is 45.8 Å². The summed E-state index contributed by atoms with van der Waals surface area (Å²) in [6, 6.07) is 3.59. The predicted octanol–water partition coefficient (Wildman–Crippen LogP) is 1.61. The van der Waals surface area contributed by atoms with Gasteiger partial charge in [-0.15, -0.1) is 0 Å². The average molecular weight is 464 g/mol. The highest BCUT2D eigenvalue weighted by molar-refractivity contribution is 7.98. The Labute approximate surface area is 186 Å². The number of H-pyrrole nitrogens is 1. The van der Waals surface area contributed by atoms with E-state index in [1.54, 1.807) is 6.92 Å². The highest BCUT2D eigenvalue weighted by Crippen LogP contribution is 2.27. The summed E-state index contributed by atoms with van der Waals surface area (Å²) in [5.41, 5.74) is 6.26. The van der Waals surface area contributed by atoms with Gasteiger partial charge in [-0.1, -0.05) is 23.9 Å². The van der Waals surface area contributed by atoms with Crippen molar-refractivity contribution in [3.8, 4) is 0 Å². The quantitative estimate of drug-likeness (QED) is 0.305. The maximum Gasteiger partial charge on any atom is 0.292 e. The van der Waals surface area contributed by atoms with Crippen LogP contribution >= 0.6 is 11.8 Å². The first kappa shape index (κ1) is 22.4. The number of anilines is 2. The molecule has 170 valence electrons. The van der Waals surface area contributed by atoms with Crippen LogP contribution in [0.2, 0.25) is 0 Å². The Morgan fingerprint density at radius 2 is 2.19 bits per heavy atom. The Morgan fingerprint density at radius 3 is 2.91 bits per heavy atom. The lowest BCUT2D eigenvalue weighted by molar-refractivity contribution is 0.281. The molecule has 0 unspecified atom stereocenters. The number of aromatic amines is 1. The van der Waals surface area contributed by atoms with Gasteiger partial charge in [0.25, 0.3) is 5.56 Å². The van der Waals surface area contributed by atoms with Gasteiger partial charge in [0.05, 0.1) is 6.61 Å². The molecule has 1 aliphatic rings. The molecule has 2 atom stereocenters. The summed E-state index contributed by atoms with van der Waals surface area (Å²) in [4.78, 5) is 30.5.